The van der Waals surface area contributed by atoms with Gasteiger partial charge in [-0.15, -0.1) is 11.3 Å². The Morgan fingerprint density at radius 2 is 2.29 bits per heavy atom. The number of fused-ring (bicyclic) bond motifs is 1. The molecule has 1 atom stereocenters. The molecule has 0 aliphatic heterocycles. The van der Waals surface area contributed by atoms with Gasteiger partial charge in [0.15, 0.2) is 0 Å². The number of allylic oxidation sites excluding steroid dienone is 1. The number of benzene rings is 1. The van der Waals surface area contributed by atoms with Gasteiger partial charge < -0.3 is 0 Å². The summed E-state index contributed by atoms with van der Waals surface area (Å²) >= 11 is 1.73. The quantitative estimate of drug-likeness (QED) is 0.765. The molecule has 0 radical (unpaired) electrons. The lowest BCUT2D eigenvalue weighted by Crippen LogP contribution is -1.99. The Morgan fingerprint density at radius 1 is 1.35 bits per heavy atom. The highest BCUT2D eigenvalue weighted by Crippen LogP contribution is 2.29. The Balaban J connectivity index is 1.97. The molecule has 2 heteroatoms. The minimum atomic E-state index is 0.399. The van der Waals surface area contributed by atoms with Gasteiger partial charge in [-0.25, -0.2) is 4.98 Å². The Labute approximate surface area is 106 Å². The molecule has 2 aromatic rings. The van der Waals surface area contributed by atoms with Crippen molar-refractivity contribution in [3.05, 3.63) is 57.6 Å². The minimum Gasteiger partial charge on any atom is -0.249 e. The van der Waals surface area contributed by atoms with Gasteiger partial charge in [0.2, 0.25) is 0 Å². The van der Waals surface area contributed by atoms with E-state index in [0.29, 0.717) is 5.92 Å². The summed E-state index contributed by atoms with van der Waals surface area (Å²) in [6.45, 7) is 2.23. The molecule has 0 N–H and O–H groups in total. The van der Waals surface area contributed by atoms with Crippen molar-refractivity contribution < 1.29 is 0 Å². The van der Waals surface area contributed by atoms with E-state index in [0.717, 1.165) is 0 Å². The van der Waals surface area contributed by atoms with Crippen LogP contribution < -0.4 is 0 Å². The highest BCUT2D eigenvalue weighted by molar-refractivity contribution is 7.09. The zero-order valence-corrected chi connectivity index (χ0v) is 10.7. The van der Waals surface area contributed by atoms with E-state index in [1.807, 2.05) is 11.6 Å². The van der Waals surface area contributed by atoms with Crippen LogP contribution in [-0.4, -0.2) is 4.98 Å². The van der Waals surface area contributed by atoms with Crippen molar-refractivity contribution in [2.75, 3.05) is 0 Å². The first-order valence-electron chi connectivity index (χ1n) is 6.03. The van der Waals surface area contributed by atoms with Gasteiger partial charge in [0.05, 0.1) is 5.01 Å². The monoisotopic (exact) mass is 241 g/mol. The molecular weight excluding hydrogens is 226 g/mol. The number of hydrogen-bond acceptors (Lipinski definition) is 2. The number of thiazole rings is 1. The van der Waals surface area contributed by atoms with Gasteiger partial charge in [-0.1, -0.05) is 37.3 Å². The highest BCUT2D eigenvalue weighted by Gasteiger charge is 2.13. The van der Waals surface area contributed by atoms with Crippen LogP contribution in [0.5, 0.6) is 0 Å². The van der Waals surface area contributed by atoms with Gasteiger partial charge in [-0.2, -0.15) is 0 Å². The van der Waals surface area contributed by atoms with E-state index in [-0.39, 0.29) is 0 Å². The highest BCUT2D eigenvalue weighted by atomic mass is 32.1. The van der Waals surface area contributed by atoms with E-state index in [1.54, 1.807) is 11.3 Å². The predicted molar refractivity (Wildman–Crippen MR) is 73.4 cm³/mol. The summed E-state index contributed by atoms with van der Waals surface area (Å²) in [5.41, 5.74) is 4.23. The Bertz CT molecular complexity index is 540. The summed E-state index contributed by atoms with van der Waals surface area (Å²) in [7, 11) is 0. The summed E-state index contributed by atoms with van der Waals surface area (Å²) < 4.78 is 0. The molecule has 1 aromatic carbocycles. The summed E-state index contributed by atoms with van der Waals surface area (Å²) in [6.07, 6.45) is 8.75. The van der Waals surface area contributed by atoms with E-state index in [9.17, 15) is 0 Å². The van der Waals surface area contributed by atoms with Crippen LogP contribution in [0, 0.1) is 0 Å². The Kier molecular flexibility index (Phi) is 2.81. The molecule has 0 bridgehead atoms. The van der Waals surface area contributed by atoms with Gasteiger partial charge in [0.25, 0.3) is 0 Å². The van der Waals surface area contributed by atoms with Crippen LogP contribution in [0.25, 0.3) is 6.08 Å². The van der Waals surface area contributed by atoms with Crippen LogP contribution in [0.4, 0.5) is 0 Å². The Morgan fingerprint density at radius 3 is 3.12 bits per heavy atom. The molecule has 0 saturated heterocycles. The van der Waals surface area contributed by atoms with Crippen LogP contribution in [-0.2, 0) is 6.42 Å². The van der Waals surface area contributed by atoms with Crippen molar-refractivity contribution >= 4 is 17.4 Å². The molecule has 0 saturated carbocycles. The molecule has 86 valence electrons. The van der Waals surface area contributed by atoms with E-state index in [1.165, 1.54) is 34.5 Å². The van der Waals surface area contributed by atoms with Crippen molar-refractivity contribution in [2.45, 2.75) is 25.7 Å². The van der Waals surface area contributed by atoms with Crippen LogP contribution in [0.15, 0.2) is 35.9 Å². The summed E-state index contributed by atoms with van der Waals surface area (Å²) in [4.78, 5) is 4.41. The maximum atomic E-state index is 4.41. The number of aryl methyl sites for hydroxylation is 1. The fraction of sp³-hybridized carbons (Fsp3) is 0.267. The summed E-state index contributed by atoms with van der Waals surface area (Å²) in [6, 6.07) is 6.85. The lowest BCUT2D eigenvalue weighted by Gasteiger charge is -2.14. The van der Waals surface area contributed by atoms with Crippen LogP contribution in [0.3, 0.4) is 0 Å². The third-order valence-corrected chi connectivity index (χ3v) is 4.33. The fourth-order valence-electron chi connectivity index (χ4n) is 2.31. The first-order valence-corrected chi connectivity index (χ1v) is 6.91. The molecule has 1 aliphatic rings. The first-order chi connectivity index (χ1) is 8.34. The normalized spacial score (nSPS) is 15.6. The van der Waals surface area contributed by atoms with Crippen LogP contribution >= 0.6 is 11.3 Å². The average molecular weight is 241 g/mol. The van der Waals surface area contributed by atoms with Gasteiger partial charge >= 0.3 is 0 Å². The van der Waals surface area contributed by atoms with Crippen molar-refractivity contribution in [3.63, 3.8) is 0 Å². The largest absolute Gasteiger partial charge is 0.249 e. The van der Waals surface area contributed by atoms with Crippen molar-refractivity contribution in [1.29, 1.82) is 0 Å². The van der Waals surface area contributed by atoms with E-state index in [2.05, 4.69) is 42.3 Å². The second-order valence-electron chi connectivity index (χ2n) is 4.49. The van der Waals surface area contributed by atoms with Crippen molar-refractivity contribution in [3.8, 4) is 0 Å². The second kappa shape index (κ2) is 4.46. The van der Waals surface area contributed by atoms with Crippen LogP contribution in [0.1, 0.15) is 41.0 Å². The summed E-state index contributed by atoms with van der Waals surface area (Å²) in [5.74, 6) is 0.399. The zero-order chi connectivity index (χ0) is 11.7. The average Bonchev–Trinajstić information content (AvgIpc) is 2.91. The molecule has 1 heterocycles. The van der Waals surface area contributed by atoms with E-state index < -0.39 is 0 Å². The standard InChI is InChI=1S/C15H15NS/c1-11(15-16-8-9-17-15)13-7-6-12-4-2-3-5-14(12)10-13/h3,5-11H,2,4H2,1H3. The molecule has 17 heavy (non-hydrogen) atoms. The Hall–Kier alpha value is -1.41. The van der Waals surface area contributed by atoms with Crippen molar-refractivity contribution in [2.24, 2.45) is 0 Å². The molecular formula is C15H15NS. The third kappa shape index (κ3) is 2.05. The molecule has 1 aromatic heterocycles. The SMILES string of the molecule is CC(c1ccc2c(c1)C=CCC2)c1nccs1. The zero-order valence-electron chi connectivity index (χ0n) is 9.89. The summed E-state index contributed by atoms with van der Waals surface area (Å²) in [5, 5.41) is 3.24. The topological polar surface area (TPSA) is 12.9 Å². The minimum absolute atomic E-state index is 0.399. The maximum Gasteiger partial charge on any atom is 0.0997 e. The number of hydrogen-bond donors (Lipinski definition) is 0. The molecule has 0 spiro atoms. The van der Waals surface area contributed by atoms with E-state index in [4.69, 9.17) is 0 Å². The van der Waals surface area contributed by atoms with E-state index >= 15 is 0 Å². The number of aromatic nitrogens is 1. The molecule has 3 rings (SSSR count). The smallest absolute Gasteiger partial charge is 0.0997 e. The van der Waals surface area contributed by atoms with Gasteiger partial charge in [0.1, 0.15) is 0 Å². The third-order valence-electron chi connectivity index (χ3n) is 3.37. The van der Waals surface area contributed by atoms with Crippen LogP contribution in [0.2, 0.25) is 0 Å². The molecule has 1 aliphatic carbocycles. The molecule has 0 amide bonds. The number of nitrogens with zero attached hydrogens (tertiary/aromatic N) is 1. The van der Waals surface area contributed by atoms with Gasteiger partial charge in [-0.3, -0.25) is 0 Å². The molecule has 1 nitrogen and oxygen atoms in total. The first kappa shape index (κ1) is 10.7. The molecule has 1 unspecified atom stereocenters. The lowest BCUT2D eigenvalue weighted by atomic mass is 9.92. The predicted octanol–water partition coefficient (Wildman–Crippen LogP) is 4.25. The van der Waals surface area contributed by atoms with Gasteiger partial charge in [-0.05, 0) is 29.5 Å². The van der Waals surface area contributed by atoms with Crippen molar-refractivity contribution in [1.82, 2.24) is 4.98 Å². The fourth-order valence-corrected chi connectivity index (χ4v) is 3.03. The maximum absolute atomic E-state index is 4.41. The number of rotatable bonds is 2. The molecule has 0 fully saturated rings. The second-order valence-corrected chi connectivity index (χ2v) is 5.42. The van der Waals surface area contributed by atoms with Gasteiger partial charge in [0, 0.05) is 17.5 Å². The lowest BCUT2D eigenvalue weighted by molar-refractivity contribution is 0.897.